The molecule has 1 aromatic carbocycles. The summed E-state index contributed by atoms with van der Waals surface area (Å²) in [5.74, 6) is -1.67. The predicted octanol–water partition coefficient (Wildman–Crippen LogP) is 4.38. The van der Waals surface area contributed by atoms with Crippen LogP contribution in [-0.4, -0.2) is 0 Å². The molecule has 0 N–H and O–H groups in total. The lowest BCUT2D eigenvalue weighted by atomic mass is 10.2. The van der Waals surface area contributed by atoms with Crippen molar-refractivity contribution in [2.75, 3.05) is 0 Å². The maximum Gasteiger partial charge on any atom is 0.164 e. The summed E-state index contributed by atoms with van der Waals surface area (Å²) in [7, 11) is 0. The lowest BCUT2D eigenvalue weighted by Gasteiger charge is -2.05. The van der Waals surface area contributed by atoms with Crippen molar-refractivity contribution in [1.29, 1.82) is 0 Å². The van der Waals surface area contributed by atoms with Crippen LogP contribution in [-0.2, 0) is 5.33 Å². The molecule has 1 rings (SSSR count). The van der Waals surface area contributed by atoms with E-state index in [4.69, 9.17) is 0 Å². The molecule has 0 nitrogen and oxygen atoms in total. The molecule has 0 saturated carbocycles. The second-order valence-electron chi connectivity index (χ2n) is 2.08. The summed E-state index contributed by atoms with van der Waals surface area (Å²) in [4.78, 5) is 0. The number of hydrogen-bond donors (Lipinski definition) is 0. The Morgan fingerprint density at radius 2 is 1.83 bits per heavy atom. The Bertz CT molecular complexity index is 286. The topological polar surface area (TPSA) is 0 Å². The van der Waals surface area contributed by atoms with Gasteiger partial charge in [0.25, 0.3) is 0 Å². The van der Waals surface area contributed by atoms with E-state index in [1.165, 1.54) is 0 Å². The first-order valence-electron chi connectivity index (χ1n) is 2.95. The monoisotopic (exact) mass is 362 g/mol. The zero-order valence-electron chi connectivity index (χ0n) is 5.67. The maximum absolute atomic E-state index is 13.0. The molecule has 0 spiro atoms. The Balaban J connectivity index is 3.42. The molecule has 5 heteroatoms. The number of rotatable bonds is 1. The van der Waals surface area contributed by atoms with Crippen LogP contribution >= 0.6 is 47.8 Å². The van der Waals surface area contributed by atoms with Gasteiger partial charge in [-0.2, -0.15) is 0 Å². The van der Waals surface area contributed by atoms with E-state index in [1.54, 1.807) is 0 Å². The van der Waals surface area contributed by atoms with Crippen LogP contribution in [0.1, 0.15) is 5.56 Å². The van der Waals surface area contributed by atoms with Crippen LogP contribution in [0, 0.1) is 11.6 Å². The Morgan fingerprint density at radius 1 is 1.25 bits per heavy atom. The standard InChI is InChI=1S/C7H3Br3F2/c8-2-3-6(10)4(9)1-5(11)7(3)12/h1H,2H2. The highest BCUT2D eigenvalue weighted by atomic mass is 79.9. The van der Waals surface area contributed by atoms with Gasteiger partial charge in [-0.05, 0) is 37.9 Å². The number of halogens is 5. The van der Waals surface area contributed by atoms with Crippen molar-refractivity contribution in [1.82, 2.24) is 0 Å². The van der Waals surface area contributed by atoms with Gasteiger partial charge in [-0.15, -0.1) is 0 Å². The normalized spacial score (nSPS) is 10.4. The first-order valence-corrected chi connectivity index (χ1v) is 5.66. The van der Waals surface area contributed by atoms with Crippen LogP contribution in [0.3, 0.4) is 0 Å². The zero-order chi connectivity index (χ0) is 9.30. The Hall–Kier alpha value is 0.520. The summed E-state index contributed by atoms with van der Waals surface area (Å²) in [5.41, 5.74) is 0.280. The third-order valence-corrected chi connectivity index (χ3v) is 3.96. The highest BCUT2D eigenvalue weighted by Crippen LogP contribution is 2.31. The van der Waals surface area contributed by atoms with Gasteiger partial charge < -0.3 is 0 Å². The lowest BCUT2D eigenvalue weighted by molar-refractivity contribution is 0.501. The van der Waals surface area contributed by atoms with E-state index >= 15 is 0 Å². The average molecular weight is 365 g/mol. The van der Waals surface area contributed by atoms with E-state index in [1.807, 2.05) is 0 Å². The minimum Gasteiger partial charge on any atom is -0.204 e. The van der Waals surface area contributed by atoms with Crippen LogP contribution in [0.4, 0.5) is 8.78 Å². The summed E-state index contributed by atoms with van der Waals surface area (Å²) < 4.78 is 26.8. The van der Waals surface area contributed by atoms with Gasteiger partial charge in [0.2, 0.25) is 0 Å². The fraction of sp³-hybridized carbons (Fsp3) is 0.143. The fourth-order valence-corrected chi connectivity index (χ4v) is 2.51. The molecule has 0 fully saturated rings. The van der Waals surface area contributed by atoms with E-state index in [9.17, 15) is 8.78 Å². The minimum absolute atomic E-state index is 0.274. The van der Waals surface area contributed by atoms with Crippen molar-refractivity contribution in [3.05, 3.63) is 32.2 Å². The van der Waals surface area contributed by atoms with Crippen molar-refractivity contribution in [3.8, 4) is 0 Å². The Labute approximate surface area is 93.7 Å². The van der Waals surface area contributed by atoms with Gasteiger partial charge in [0, 0.05) is 19.8 Å². The van der Waals surface area contributed by atoms with Crippen molar-refractivity contribution in [2.24, 2.45) is 0 Å². The van der Waals surface area contributed by atoms with Gasteiger partial charge >= 0.3 is 0 Å². The molecule has 66 valence electrons. The highest BCUT2D eigenvalue weighted by molar-refractivity contribution is 9.13. The molecule has 0 aromatic heterocycles. The summed E-state index contributed by atoms with van der Waals surface area (Å²) in [5, 5.41) is 0.274. The third kappa shape index (κ3) is 1.88. The molecule has 0 unspecified atom stereocenters. The van der Waals surface area contributed by atoms with Crippen LogP contribution in [0.15, 0.2) is 15.0 Å². The van der Waals surface area contributed by atoms with Crippen LogP contribution in [0.2, 0.25) is 0 Å². The van der Waals surface area contributed by atoms with E-state index in [2.05, 4.69) is 47.8 Å². The first-order chi connectivity index (χ1) is 5.57. The third-order valence-electron chi connectivity index (χ3n) is 1.34. The molecule has 1 aromatic rings. The molecular formula is C7H3Br3F2. The van der Waals surface area contributed by atoms with Gasteiger partial charge in [0.1, 0.15) is 0 Å². The van der Waals surface area contributed by atoms with E-state index in [-0.39, 0.29) is 10.9 Å². The molecule has 0 aliphatic rings. The molecule has 0 saturated heterocycles. The second-order valence-corrected chi connectivity index (χ2v) is 4.29. The van der Waals surface area contributed by atoms with Crippen molar-refractivity contribution < 1.29 is 8.78 Å². The molecular weight excluding hydrogens is 362 g/mol. The summed E-state index contributed by atoms with van der Waals surface area (Å²) in [6.45, 7) is 0. The number of alkyl halides is 1. The van der Waals surface area contributed by atoms with Crippen molar-refractivity contribution in [2.45, 2.75) is 5.33 Å². The Kier molecular flexibility index (Phi) is 3.67. The van der Waals surface area contributed by atoms with Gasteiger partial charge in [-0.25, -0.2) is 8.78 Å². The van der Waals surface area contributed by atoms with Gasteiger partial charge in [-0.3, -0.25) is 0 Å². The second kappa shape index (κ2) is 4.15. The largest absolute Gasteiger partial charge is 0.204 e. The molecule has 0 heterocycles. The van der Waals surface area contributed by atoms with Crippen molar-refractivity contribution >= 4 is 47.8 Å². The summed E-state index contributed by atoms with van der Waals surface area (Å²) >= 11 is 9.31. The number of benzene rings is 1. The van der Waals surface area contributed by atoms with E-state index in [0.717, 1.165) is 6.07 Å². The maximum atomic E-state index is 13.0. The quantitative estimate of drug-likeness (QED) is 0.512. The zero-order valence-corrected chi connectivity index (χ0v) is 10.4. The van der Waals surface area contributed by atoms with E-state index in [0.29, 0.717) is 8.95 Å². The van der Waals surface area contributed by atoms with E-state index < -0.39 is 11.6 Å². The predicted molar refractivity (Wildman–Crippen MR) is 54.4 cm³/mol. The Morgan fingerprint density at radius 3 is 2.33 bits per heavy atom. The number of hydrogen-bond acceptors (Lipinski definition) is 0. The van der Waals surface area contributed by atoms with Crippen molar-refractivity contribution in [3.63, 3.8) is 0 Å². The van der Waals surface area contributed by atoms with Gasteiger partial charge in [-0.1, -0.05) is 15.9 Å². The molecule has 0 radical (unpaired) electrons. The van der Waals surface area contributed by atoms with Crippen LogP contribution < -0.4 is 0 Å². The minimum atomic E-state index is -0.848. The fourth-order valence-electron chi connectivity index (χ4n) is 0.740. The lowest BCUT2D eigenvalue weighted by Crippen LogP contribution is -1.93. The first kappa shape index (κ1) is 10.6. The van der Waals surface area contributed by atoms with Gasteiger partial charge in [0.05, 0.1) is 0 Å². The smallest absolute Gasteiger partial charge is 0.164 e. The molecule has 0 atom stereocenters. The van der Waals surface area contributed by atoms with Crippen LogP contribution in [0.5, 0.6) is 0 Å². The molecule has 0 bridgehead atoms. The van der Waals surface area contributed by atoms with Crippen LogP contribution in [0.25, 0.3) is 0 Å². The average Bonchev–Trinajstić information content (AvgIpc) is 2.02. The van der Waals surface area contributed by atoms with Gasteiger partial charge in [0.15, 0.2) is 11.6 Å². The highest BCUT2D eigenvalue weighted by Gasteiger charge is 2.14. The molecule has 0 aliphatic carbocycles. The molecule has 0 aliphatic heterocycles. The molecule has 12 heavy (non-hydrogen) atoms. The summed E-state index contributed by atoms with van der Waals surface area (Å²) in [6, 6.07) is 1.09. The SMILES string of the molecule is Fc1cc(Br)c(Br)c(CBr)c1F. The summed E-state index contributed by atoms with van der Waals surface area (Å²) in [6.07, 6.45) is 0. The molecule has 0 amide bonds.